The number of alkyl halides is 1. The van der Waals surface area contributed by atoms with Crippen LogP contribution in [0.25, 0.3) is 0 Å². The first-order chi connectivity index (χ1) is 6.83. The van der Waals surface area contributed by atoms with E-state index in [0.29, 0.717) is 0 Å². The van der Waals surface area contributed by atoms with Crippen LogP contribution in [0.5, 0.6) is 0 Å². The summed E-state index contributed by atoms with van der Waals surface area (Å²) in [5.74, 6) is 0. The first-order valence-electron chi connectivity index (χ1n) is 4.89. The van der Waals surface area contributed by atoms with Crippen LogP contribution in [-0.4, -0.2) is 11.9 Å². The number of hydrogen-bond acceptors (Lipinski definition) is 1. The maximum atomic E-state index is 6.28. The van der Waals surface area contributed by atoms with E-state index in [4.69, 9.17) is 11.6 Å². The monoisotopic (exact) mass is 207 g/mol. The summed E-state index contributed by atoms with van der Waals surface area (Å²) in [6.45, 7) is 4.50. The Balaban J connectivity index is 2.21. The van der Waals surface area contributed by atoms with Crippen molar-refractivity contribution < 1.29 is 0 Å². The van der Waals surface area contributed by atoms with Crippen LogP contribution in [0.1, 0.15) is 17.2 Å². The smallest absolute Gasteiger partial charge is 0.0571 e. The molecule has 2 rings (SSSR count). The fourth-order valence-corrected chi connectivity index (χ4v) is 2.39. The number of halogens is 1. The predicted octanol–water partition coefficient (Wildman–Crippen LogP) is 2.67. The van der Waals surface area contributed by atoms with Gasteiger partial charge in [-0.25, -0.2) is 0 Å². The summed E-state index contributed by atoms with van der Waals surface area (Å²) in [4.78, 5) is 0. The fraction of sp³-hybridized carbons (Fsp3) is 0.333. The molecule has 14 heavy (non-hydrogen) atoms. The van der Waals surface area contributed by atoms with E-state index < -0.39 is 0 Å². The van der Waals surface area contributed by atoms with Crippen LogP contribution >= 0.6 is 11.6 Å². The maximum Gasteiger partial charge on any atom is 0.0571 e. The molecule has 0 saturated heterocycles. The Labute approximate surface area is 89.8 Å². The highest BCUT2D eigenvalue weighted by molar-refractivity contribution is 6.21. The van der Waals surface area contributed by atoms with E-state index >= 15 is 0 Å². The molecule has 0 bridgehead atoms. The van der Waals surface area contributed by atoms with E-state index in [-0.39, 0.29) is 11.4 Å². The third kappa shape index (κ3) is 1.70. The predicted molar refractivity (Wildman–Crippen MR) is 60.7 cm³/mol. The van der Waals surface area contributed by atoms with E-state index in [9.17, 15) is 0 Å². The van der Waals surface area contributed by atoms with Crippen molar-refractivity contribution in [2.24, 2.45) is 0 Å². The average molecular weight is 208 g/mol. The SMILES string of the molecule is C=CCNC1c2ccccc2CC1Cl. The molecule has 2 unspecified atom stereocenters. The van der Waals surface area contributed by atoms with Crippen LogP contribution in [-0.2, 0) is 6.42 Å². The highest BCUT2D eigenvalue weighted by Gasteiger charge is 2.29. The van der Waals surface area contributed by atoms with Crippen molar-refractivity contribution >= 4 is 11.6 Å². The second-order valence-electron chi connectivity index (χ2n) is 3.59. The van der Waals surface area contributed by atoms with E-state index in [1.54, 1.807) is 0 Å². The summed E-state index contributed by atoms with van der Waals surface area (Å²) in [5.41, 5.74) is 2.71. The van der Waals surface area contributed by atoms with Crippen LogP contribution in [0.4, 0.5) is 0 Å². The zero-order valence-electron chi connectivity index (χ0n) is 8.04. The van der Waals surface area contributed by atoms with Crippen LogP contribution in [0.15, 0.2) is 36.9 Å². The van der Waals surface area contributed by atoms with Crippen molar-refractivity contribution in [3.8, 4) is 0 Å². The molecular formula is C12H14ClN. The molecule has 0 aliphatic heterocycles. The largest absolute Gasteiger partial charge is 0.305 e. The molecule has 1 aromatic carbocycles. The molecule has 2 heteroatoms. The molecule has 0 aromatic heterocycles. The van der Waals surface area contributed by atoms with Crippen LogP contribution in [0.2, 0.25) is 0 Å². The molecule has 1 nitrogen and oxygen atoms in total. The average Bonchev–Trinajstić information content (AvgIpc) is 2.51. The molecule has 0 fully saturated rings. The molecule has 1 N–H and O–H groups in total. The van der Waals surface area contributed by atoms with Gasteiger partial charge in [0.25, 0.3) is 0 Å². The Morgan fingerprint density at radius 3 is 3.07 bits per heavy atom. The second-order valence-corrected chi connectivity index (χ2v) is 4.15. The number of nitrogens with one attached hydrogen (secondary N) is 1. The molecule has 0 saturated carbocycles. The Morgan fingerprint density at radius 1 is 1.50 bits per heavy atom. The molecule has 1 aliphatic rings. The molecule has 1 aromatic rings. The van der Waals surface area contributed by atoms with Gasteiger partial charge in [0, 0.05) is 12.6 Å². The van der Waals surface area contributed by atoms with Gasteiger partial charge in [0.1, 0.15) is 0 Å². The Kier molecular flexibility index (Phi) is 2.90. The lowest BCUT2D eigenvalue weighted by Gasteiger charge is -2.15. The van der Waals surface area contributed by atoms with Crippen LogP contribution in [0.3, 0.4) is 0 Å². The van der Waals surface area contributed by atoms with Gasteiger partial charge < -0.3 is 5.32 Å². The molecule has 74 valence electrons. The number of fused-ring (bicyclic) bond motifs is 1. The summed E-state index contributed by atoms with van der Waals surface area (Å²) in [5, 5.41) is 3.56. The molecule has 0 heterocycles. The third-order valence-electron chi connectivity index (χ3n) is 2.65. The topological polar surface area (TPSA) is 12.0 Å². The van der Waals surface area contributed by atoms with Crippen molar-refractivity contribution in [3.05, 3.63) is 48.0 Å². The van der Waals surface area contributed by atoms with Gasteiger partial charge in [-0.2, -0.15) is 0 Å². The third-order valence-corrected chi connectivity index (χ3v) is 3.06. The van der Waals surface area contributed by atoms with E-state index in [1.807, 2.05) is 6.08 Å². The minimum absolute atomic E-state index is 0.173. The Bertz CT molecular complexity index is 335. The quantitative estimate of drug-likeness (QED) is 0.594. The molecular weight excluding hydrogens is 194 g/mol. The summed E-state index contributed by atoms with van der Waals surface area (Å²) < 4.78 is 0. The van der Waals surface area contributed by atoms with Gasteiger partial charge in [-0.05, 0) is 17.5 Å². The lowest BCUT2D eigenvalue weighted by atomic mass is 10.1. The molecule has 0 spiro atoms. The van der Waals surface area contributed by atoms with E-state index in [2.05, 4.69) is 36.2 Å². The number of rotatable bonds is 3. The summed E-state index contributed by atoms with van der Waals surface area (Å²) in [7, 11) is 0. The van der Waals surface area contributed by atoms with Gasteiger partial charge in [0.15, 0.2) is 0 Å². The van der Waals surface area contributed by atoms with Crippen LogP contribution < -0.4 is 5.32 Å². The molecule has 1 aliphatic carbocycles. The van der Waals surface area contributed by atoms with Gasteiger partial charge in [-0.3, -0.25) is 0 Å². The lowest BCUT2D eigenvalue weighted by molar-refractivity contribution is 0.571. The number of hydrogen-bond donors (Lipinski definition) is 1. The number of benzene rings is 1. The van der Waals surface area contributed by atoms with Crippen molar-refractivity contribution in [3.63, 3.8) is 0 Å². The molecule has 0 amide bonds. The van der Waals surface area contributed by atoms with E-state index in [0.717, 1.165) is 13.0 Å². The minimum atomic E-state index is 0.173. The standard InChI is InChI=1S/C12H14ClN/c1-2-7-14-12-10-6-4-3-5-9(10)8-11(12)13/h2-6,11-12,14H,1,7-8H2. The van der Waals surface area contributed by atoms with Gasteiger partial charge >= 0.3 is 0 Å². The summed E-state index contributed by atoms with van der Waals surface area (Å²) >= 11 is 6.28. The van der Waals surface area contributed by atoms with Gasteiger partial charge in [0.05, 0.1) is 5.38 Å². The Morgan fingerprint density at radius 2 is 2.29 bits per heavy atom. The van der Waals surface area contributed by atoms with Gasteiger partial charge in [-0.1, -0.05) is 30.3 Å². The van der Waals surface area contributed by atoms with E-state index in [1.165, 1.54) is 11.1 Å². The molecule has 0 radical (unpaired) electrons. The van der Waals surface area contributed by atoms with Gasteiger partial charge in [-0.15, -0.1) is 18.2 Å². The highest BCUT2D eigenvalue weighted by atomic mass is 35.5. The zero-order chi connectivity index (χ0) is 9.97. The highest BCUT2D eigenvalue weighted by Crippen LogP contribution is 2.34. The van der Waals surface area contributed by atoms with Crippen molar-refractivity contribution in [1.29, 1.82) is 0 Å². The normalized spacial score (nSPS) is 24.6. The summed E-state index contributed by atoms with van der Waals surface area (Å²) in [6, 6.07) is 8.72. The second kappa shape index (κ2) is 4.16. The lowest BCUT2D eigenvalue weighted by Crippen LogP contribution is -2.25. The Hall–Kier alpha value is -0.790. The van der Waals surface area contributed by atoms with Crippen LogP contribution in [0, 0.1) is 0 Å². The van der Waals surface area contributed by atoms with Crippen molar-refractivity contribution in [2.45, 2.75) is 17.8 Å². The minimum Gasteiger partial charge on any atom is -0.305 e. The maximum absolute atomic E-state index is 6.28. The molecule has 2 atom stereocenters. The first kappa shape index (κ1) is 9.75. The zero-order valence-corrected chi connectivity index (χ0v) is 8.80. The fourth-order valence-electron chi connectivity index (χ4n) is 1.99. The van der Waals surface area contributed by atoms with Gasteiger partial charge in [0.2, 0.25) is 0 Å². The summed E-state index contributed by atoms with van der Waals surface area (Å²) in [6.07, 6.45) is 2.83. The van der Waals surface area contributed by atoms with Crippen molar-refractivity contribution in [1.82, 2.24) is 5.32 Å². The first-order valence-corrected chi connectivity index (χ1v) is 5.32. The van der Waals surface area contributed by atoms with Crippen molar-refractivity contribution in [2.75, 3.05) is 6.54 Å².